The topological polar surface area (TPSA) is 82.2 Å². The van der Waals surface area contributed by atoms with Crippen LogP contribution in [0.5, 0.6) is 0 Å². The largest absolute Gasteiger partial charge is 0.481 e. The Labute approximate surface area is 93.9 Å². The molecule has 1 amide bonds. The number of rotatable bonds is 5. The molecular formula is C11H16N2O3. The highest BCUT2D eigenvalue weighted by Crippen LogP contribution is 2.12. The number of hydrogen-bond donors (Lipinski definition) is 3. The van der Waals surface area contributed by atoms with Gasteiger partial charge in [0.2, 0.25) is 0 Å². The van der Waals surface area contributed by atoms with Crippen LogP contribution in [0, 0.1) is 0 Å². The molecule has 5 nitrogen and oxygen atoms in total. The van der Waals surface area contributed by atoms with E-state index in [0.717, 1.165) is 0 Å². The molecule has 0 saturated heterocycles. The third-order valence-electron chi connectivity index (χ3n) is 2.26. The number of amides is 1. The Morgan fingerprint density at radius 2 is 2.19 bits per heavy atom. The summed E-state index contributed by atoms with van der Waals surface area (Å²) in [6.45, 7) is 3.60. The fraction of sp³-hybridized carbons (Fsp3) is 0.455. The molecule has 0 spiro atoms. The summed E-state index contributed by atoms with van der Waals surface area (Å²) in [5, 5.41) is 11.4. The van der Waals surface area contributed by atoms with Crippen LogP contribution >= 0.6 is 0 Å². The molecule has 0 bridgehead atoms. The minimum absolute atomic E-state index is 0.0397. The molecule has 0 aromatic carbocycles. The van der Waals surface area contributed by atoms with Gasteiger partial charge in [-0.2, -0.15) is 0 Å². The zero-order valence-corrected chi connectivity index (χ0v) is 9.41. The predicted molar refractivity (Wildman–Crippen MR) is 59.2 cm³/mol. The van der Waals surface area contributed by atoms with Gasteiger partial charge in [-0.15, -0.1) is 0 Å². The van der Waals surface area contributed by atoms with E-state index in [1.165, 1.54) is 0 Å². The van der Waals surface area contributed by atoms with E-state index in [9.17, 15) is 9.59 Å². The lowest BCUT2D eigenvalue weighted by Crippen LogP contribution is -2.43. The molecule has 0 atom stereocenters. The first-order chi connectivity index (χ1) is 7.41. The molecule has 0 aliphatic heterocycles. The van der Waals surface area contributed by atoms with Gasteiger partial charge in [-0.3, -0.25) is 9.59 Å². The SMILES string of the molecule is CC(C)(CCC(=O)O)NC(=O)c1ccc[nH]1. The summed E-state index contributed by atoms with van der Waals surface area (Å²) in [5.74, 6) is -1.08. The van der Waals surface area contributed by atoms with Crippen LogP contribution in [0.1, 0.15) is 37.2 Å². The smallest absolute Gasteiger partial charge is 0.303 e. The second-order valence-corrected chi connectivity index (χ2v) is 4.32. The highest BCUT2D eigenvalue weighted by atomic mass is 16.4. The molecule has 1 heterocycles. The first-order valence-corrected chi connectivity index (χ1v) is 5.08. The number of carbonyl (C=O) groups excluding carboxylic acids is 1. The van der Waals surface area contributed by atoms with Crippen molar-refractivity contribution in [2.75, 3.05) is 0 Å². The molecule has 0 radical (unpaired) electrons. The van der Waals surface area contributed by atoms with Gasteiger partial charge in [0.15, 0.2) is 0 Å². The van der Waals surface area contributed by atoms with Crippen LogP contribution in [0.25, 0.3) is 0 Å². The molecule has 3 N–H and O–H groups in total. The predicted octanol–water partition coefficient (Wildman–Crippen LogP) is 1.39. The van der Waals surface area contributed by atoms with Gasteiger partial charge in [0.1, 0.15) is 5.69 Å². The second-order valence-electron chi connectivity index (χ2n) is 4.32. The van der Waals surface area contributed by atoms with Crippen LogP contribution in [0.2, 0.25) is 0 Å². The van der Waals surface area contributed by atoms with Crippen LogP contribution < -0.4 is 5.32 Å². The van der Waals surface area contributed by atoms with E-state index in [1.54, 1.807) is 32.2 Å². The van der Waals surface area contributed by atoms with Crippen molar-refractivity contribution in [3.05, 3.63) is 24.0 Å². The van der Waals surface area contributed by atoms with Crippen LogP contribution in [0.4, 0.5) is 0 Å². The number of hydrogen-bond acceptors (Lipinski definition) is 2. The quantitative estimate of drug-likeness (QED) is 0.706. The Kier molecular flexibility index (Phi) is 3.71. The molecule has 0 unspecified atom stereocenters. The summed E-state index contributed by atoms with van der Waals surface area (Å²) in [7, 11) is 0. The summed E-state index contributed by atoms with van der Waals surface area (Å²) in [5.41, 5.74) is -0.0518. The summed E-state index contributed by atoms with van der Waals surface area (Å²) in [6, 6.07) is 3.40. The molecule has 88 valence electrons. The maximum absolute atomic E-state index is 11.7. The lowest BCUT2D eigenvalue weighted by atomic mass is 9.98. The Bertz CT molecular complexity index is 369. The van der Waals surface area contributed by atoms with Gasteiger partial charge in [-0.25, -0.2) is 0 Å². The molecule has 1 aromatic heterocycles. The molecule has 0 saturated carbocycles. The summed E-state index contributed by atoms with van der Waals surface area (Å²) in [6.07, 6.45) is 2.10. The van der Waals surface area contributed by atoms with Crippen molar-refractivity contribution >= 4 is 11.9 Å². The fourth-order valence-corrected chi connectivity index (χ4v) is 1.33. The van der Waals surface area contributed by atoms with Crippen LogP contribution in [0.15, 0.2) is 18.3 Å². The summed E-state index contributed by atoms with van der Waals surface area (Å²) >= 11 is 0. The van der Waals surface area contributed by atoms with Gasteiger partial charge in [0.25, 0.3) is 5.91 Å². The number of H-pyrrole nitrogens is 1. The number of aromatic nitrogens is 1. The maximum atomic E-state index is 11.7. The maximum Gasteiger partial charge on any atom is 0.303 e. The van der Waals surface area contributed by atoms with Gasteiger partial charge in [-0.05, 0) is 32.4 Å². The number of carbonyl (C=O) groups is 2. The van der Waals surface area contributed by atoms with Gasteiger partial charge in [0, 0.05) is 18.2 Å². The van der Waals surface area contributed by atoms with Crippen LogP contribution in [0.3, 0.4) is 0 Å². The zero-order valence-electron chi connectivity index (χ0n) is 9.41. The molecule has 0 aliphatic rings. The van der Waals surface area contributed by atoms with E-state index in [4.69, 9.17) is 5.11 Å². The molecule has 0 fully saturated rings. The fourth-order valence-electron chi connectivity index (χ4n) is 1.33. The Morgan fingerprint density at radius 3 is 2.69 bits per heavy atom. The van der Waals surface area contributed by atoms with Gasteiger partial charge < -0.3 is 15.4 Å². The molecule has 0 aliphatic carbocycles. The van der Waals surface area contributed by atoms with Gasteiger partial charge in [-0.1, -0.05) is 0 Å². The molecule has 1 rings (SSSR count). The molecular weight excluding hydrogens is 208 g/mol. The van der Waals surface area contributed by atoms with Crippen LogP contribution in [-0.2, 0) is 4.79 Å². The van der Waals surface area contributed by atoms with Gasteiger partial charge >= 0.3 is 5.97 Å². The highest BCUT2D eigenvalue weighted by molar-refractivity contribution is 5.92. The van der Waals surface area contributed by atoms with E-state index in [1.807, 2.05) is 0 Å². The van der Waals surface area contributed by atoms with Crippen molar-refractivity contribution in [2.45, 2.75) is 32.2 Å². The van der Waals surface area contributed by atoms with E-state index in [0.29, 0.717) is 12.1 Å². The average molecular weight is 224 g/mol. The first kappa shape index (κ1) is 12.3. The second kappa shape index (κ2) is 4.83. The zero-order chi connectivity index (χ0) is 12.2. The Balaban J connectivity index is 2.52. The number of carboxylic acid groups (broad SMARTS) is 1. The van der Waals surface area contributed by atoms with Crippen molar-refractivity contribution in [1.29, 1.82) is 0 Å². The normalized spacial score (nSPS) is 11.1. The molecule has 5 heteroatoms. The van der Waals surface area contributed by atoms with Crippen LogP contribution in [-0.4, -0.2) is 27.5 Å². The average Bonchev–Trinajstić information content (AvgIpc) is 2.67. The lowest BCUT2D eigenvalue weighted by molar-refractivity contribution is -0.137. The Morgan fingerprint density at radius 1 is 1.50 bits per heavy atom. The number of aliphatic carboxylic acids is 1. The first-order valence-electron chi connectivity index (χ1n) is 5.08. The van der Waals surface area contributed by atoms with Crippen molar-refractivity contribution < 1.29 is 14.7 Å². The van der Waals surface area contributed by atoms with E-state index in [2.05, 4.69) is 10.3 Å². The minimum atomic E-state index is -0.859. The van der Waals surface area contributed by atoms with E-state index in [-0.39, 0.29) is 12.3 Å². The van der Waals surface area contributed by atoms with Crippen molar-refractivity contribution in [1.82, 2.24) is 10.3 Å². The van der Waals surface area contributed by atoms with Crippen molar-refractivity contribution in [2.24, 2.45) is 0 Å². The number of carboxylic acids is 1. The van der Waals surface area contributed by atoms with Crippen molar-refractivity contribution in [3.8, 4) is 0 Å². The minimum Gasteiger partial charge on any atom is -0.481 e. The number of nitrogens with one attached hydrogen (secondary N) is 2. The van der Waals surface area contributed by atoms with Gasteiger partial charge in [0.05, 0.1) is 0 Å². The lowest BCUT2D eigenvalue weighted by Gasteiger charge is -2.25. The standard InChI is InChI=1S/C11H16N2O3/c1-11(2,6-5-9(14)15)13-10(16)8-4-3-7-12-8/h3-4,7,12H,5-6H2,1-2H3,(H,13,16)(H,14,15). The number of aromatic amines is 1. The third-order valence-corrected chi connectivity index (χ3v) is 2.26. The van der Waals surface area contributed by atoms with E-state index >= 15 is 0 Å². The molecule has 1 aromatic rings. The summed E-state index contributed by atoms with van der Waals surface area (Å²) in [4.78, 5) is 24.9. The highest BCUT2D eigenvalue weighted by Gasteiger charge is 2.22. The monoisotopic (exact) mass is 224 g/mol. The summed E-state index contributed by atoms with van der Waals surface area (Å²) < 4.78 is 0. The third kappa shape index (κ3) is 3.76. The van der Waals surface area contributed by atoms with Crippen molar-refractivity contribution in [3.63, 3.8) is 0 Å². The molecule has 16 heavy (non-hydrogen) atoms. The van der Waals surface area contributed by atoms with E-state index < -0.39 is 11.5 Å². The Hall–Kier alpha value is -1.78.